The van der Waals surface area contributed by atoms with Crippen LogP contribution < -0.4 is 14.4 Å². The topological polar surface area (TPSA) is 79.4 Å². The second kappa shape index (κ2) is 10.2. The number of amides is 3. The summed E-state index contributed by atoms with van der Waals surface area (Å²) in [4.78, 5) is 45.0. The summed E-state index contributed by atoms with van der Waals surface area (Å²) in [6.45, 7) is 4.54. The molecule has 3 aliphatic heterocycles. The summed E-state index contributed by atoms with van der Waals surface area (Å²) in [7, 11) is 1.87. The Morgan fingerprint density at radius 1 is 1.08 bits per heavy atom. The molecule has 36 heavy (non-hydrogen) atoms. The Labute approximate surface area is 211 Å². The van der Waals surface area contributed by atoms with Gasteiger partial charge >= 0.3 is 0 Å². The third kappa shape index (κ3) is 4.52. The quantitative estimate of drug-likeness (QED) is 0.551. The van der Waals surface area contributed by atoms with E-state index in [1.807, 2.05) is 48.3 Å². The molecule has 0 spiro atoms. The van der Waals surface area contributed by atoms with Gasteiger partial charge in [0.2, 0.25) is 5.91 Å². The van der Waals surface area contributed by atoms with Crippen molar-refractivity contribution in [1.29, 1.82) is 0 Å². The third-order valence-electron chi connectivity index (χ3n) is 7.27. The number of hydrogen-bond donors (Lipinski definition) is 0. The first kappa shape index (κ1) is 24.2. The highest BCUT2D eigenvalue weighted by atomic mass is 16.6. The fraction of sp³-hybridized carbons (Fsp3) is 0.464. The number of unbranched alkanes of at least 4 members (excludes halogenated alkanes) is 1. The standard InChI is InChI=1S/C28H33N3O5/c1-3-4-14-29(2)26(32)19-9-8-15-30(16-19)22-11-7-10-21-25(22)28(34)31(27(21)33)17-20-18-35-23-12-5-6-13-24(23)36-20/h5-7,10-13,19-20H,3-4,8-9,14-18H2,1-2H3/t19-,20-/m1/s1. The van der Waals surface area contributed by atoms with E-state index >= 15 is 0 Å². The average molecular weight is 492 g/mol. The van der Waals surface area contributed by atoms with Crippen LogP contribution in [0, 0.1) is 5.92 Å². The molecule has 8 heteroatoms. The normalized spacial score (nSPS) is 20.9. The highest BCUT2D eigenvalue weighted by Crippen LogP contribution is 2.36. The van der Waals surface area contributed by atoms with Gasteiger partial charge < -0.3 is 19.3 Å². The van der Waals surface area contributed by atoms with E-state index in [1.165, 1.54) is 4.90 Å². The van der Waals surface area contributed by atoms with Crippen LogP contribution in [0.3, 0.4) is 0 Å². The summed E-state index contributed by atoms with van der Waals surface area (Å²) in [6.07, 6.45) is 3.28. The Bertz CT molecular complexity index is 1170. The van der Waals surface area contributed by atoms with Crippen molar-refractivity contribution >= 4 is 23.4 Å². The number of carbonyl (C=O) groups excluding carboxylic acids is 3. The van der Waals surface area contributed by atoms with E-state index in [-0.39, 0.29) is 36.8 Å². The molecule has 0 saturated carbocycles. The lowest BCUT2D eigenvalue weighted by Gasteiger charge is -2.36. The molecular formula is C28H33N3O5. The smallest absolute Gasteiger partial charge is 0.263 e. The Morgan fingerprint density at radius 2 is 1.89 bits per heavy atom. The van der Waals surface area contributed by atoms with Crippen molar-refractivity contribution in [2.45, 2.75) is 38.7 Å². The third-order valence-corrected chi connectivity index (χ3v) is 7.27. The summed E-state index contributed by atoms with van der Waals surface area (Å²) in [5.41, 5.74) is 1.56. The Morgan fingerprint density at radius 3 is 2.69 bits per heavy atom. The highest BCUT2D eigenvalue weighted by Gasteiger charge is 2.41. The SMILES string of the molecule is CCCCN(C)C(=O)[C@@H]1CCCN(c2cccc3c2C(=O)N(C[C@@H]2COc4ccccc4O2)C3=O)C1. The molecule has 1 saturated heterocycles. The number of anilines is 1. The first-order valence-corrected chi connectivity index (χ1v) is 12.9. The van der Waals surface area contributed by atoms with Gasteiger partial charge in [0.05, 0.1) is 29.3 Å². The zero-order valence-electron chi connectivity index (χ0n) is 20.9. The lowest BCUT2D eigenvalue weighted by Crippen LogP contribution is -2.45. The van der Waals surface area contributed by atoms with E-state index < -0.39 is 6.10 Å². The number of hydrogen-bond acceptors (Lipinski definition) is 6. The number of carbonyl (C=O) groups is 3. The maximum absolute atomic E-state index is 13.5. The van der Waals surface area contributed by atoms with Crippen LogP contribution in [0.4, 0.5) is 5.69 Å². The average Bonchev–Trinajstić information content (AvgIpc) is 3.16. The van der Waals surface area contributed by atoms with Gasteiger partial charge in [0.25, 0.3) is 11.8 Å². The number of benzene rings is 2. The molecule has 0 N–H and O–H groups in total. The van der Waals surface area contributed by atoms with E-state index in [2.05, 4.69) is 11.8 Å². The van der Waals surface area contributed by atoms with Gasteiger partial charge in [-0.2, -0.15) is 0 Å². The molecule has 0 unspecified atom stereocenters. The second-order valence-corrected chi connectivity index (χ2v) is 9.82. The van der Waals surface area contributed by atoms with Gasteiger partial charge in [-0.25, -0.2) is 0 Å². The van der Waals surface area contributed by atoms with Crippen molar-refractivity contribution in [3.05, 3.63) is 53.6 Å². The van der Waals surface area contributed by atoms with E-state index in [0.29, 0.717) is 29.2 Å². The van der Waals surface area contributed by atoms with Crippen LogP contribution in [0.25, 0.3) is 0 Å². The van der Waals surface area contributed by atoms with Gasteiger partial charge in [-0.15, -0.1) is 0 Å². The molecule has 2 aromatic carbocycles. The van der Waals surface area contributed by atoms with Crippen molar-refractivity contribution in [1.82, 2.24) is 9.80 Å². The number of imide groups is 1. The molecule has 2 atom stereocenters. The summed E-state index contributed by atoms with van der Waals surface area (Å²) < 4.78 is 11.8. The lowest BCUT2D eigenvalue weighted by atomic mass is 9.95. The van der Waals surface area contributed by atoms with Crippen LogP contribution in [0.2, 0.25) is 0 Å². The molecule has 2 aromatic rings. The first-order valence-electron chi connectivity index (χ1n) is 12.9. The number of ether oxygens (including phenoxy) is 2. The largest absolute Gasteiger partial charge is 0.486 e. The van der Waals surface area contributed by atoms with E-state index in [4.69, 9.17) is 9.47 Å². The lowest BCUT2D eigenvalue weighted by molar-refractivity contribution is -0.134. The zero-order chi connectivity index (χ0) is 25.2. The molecule has 0 aromatic heterocycles. The Hall–Kier alpha value is -3.55. The number of fused-ring (bicyclic) bond motifs is 2. The first-order chi connectivity index (χ1) is 17.5. The minimum absolute atomic E-state index is 0.115. The predicted molar refractivity (Wildman–Crippen MR) is 136 cm³/mol. The van der Waals surface area contributed by atoms with Gasteiger partial charge in [0.1, 0.15) is 6.61 Å². The van der Waals surface area contributed by atoms with Gasteiger partial charge in [0, 0.05) is 26.7 Å². The second-order valence-electron chi connectivity index (χ2n) is 9.82. The van der Waals surface area contributed by atoms with Crippen LogP contribution in [-0.4, -0.2) is 73.5 Å². The van der Waals surface area contributed by atoms with Crippen molar-refractivity contribution in [3.63, 3.8) is 0 Å². The molecule has 0 bridgehead atoms. The fourth-order valence-electron chi connectivity index (χ4n) is 5.32. The van der Waals surface area contributed by atoms with Crippen LogP contribution in [0.5, 0.6) is 11.5 Å². The molecular weight excluding hydrogens is 458 g/mol. The molecule has 0 aliphatic carbocycles. The van der Waals surface area contributed by atoms with Crippen LogP contribution >= 0.6 is 0 Å². The summed E-state index contributed by atoms with van der Waals surface area (Å²) >= 11 is 0. The number of piperidine rings is 1. The van der Waals surface area contributed by atoms with E-state index in [9.17, 15) is 14.4 Å². The molecule has 8 nitrogen and oxygen atoms in total. The van der Waals surface area contributed by atoms with Crippen molar-refractivity contribution in [3.8, 4) is 11.5 Å². The molecule has 5 rings (SSSR count). The van der Waals surface area contributed by atoms with Crippen molar-refractivity contribution < 1.29 is 23.9 Å². The minimum Gasteiger partial charge on any atom is -0.486 e. The van der Waals surface area contributed by atoms with Gasteiger partial charge in [-0.3, -0.25) is 19.3 Å². The van der Waals surface area contributed by atoms with Crippen molar-refractivity contribution in [2.24, 2.45) is 5.92 Å². The van der Waals surface area contributed by atoms with Gasteiger partial charge in [-0.1, -0.05) is 31.5 Å². The van der Waals surface area contributed by atoms with Gasteiger partial charge in [0.15, 0.2) is 17.6 Å². The zero-order valence-corrected chi connectivity index (χ0v) is 20.9. The fourth-order valence-corrected chi connectivity index (χ4v) is 5.32. The monoisotopic (exact) mass is 491 g/mol. The molecule has 3 aliphatic rings. The summed E-state index contributed by atoms with van der Waals surface area (Å²) in [5.74, 6) is 0.670. The molecule has 190 valence electrons. The summed E-state index contributed by atoms with van der Waals surface area (Å²) in [5, 5.41) is 0. The highest BCUT2D eigenvalue weighted by molar-refractivity contribution is 6.23. The predicted octanol–water partition coefficient (Wildman–Crippen LogP) is 3.60. The number of rotatable bonds is 7. The maximum Gasteiger partial charge on any atom is 0.263 e. The molecule has 0 radical (unpaired) electrons. The Kier molecular flexibility index (Phi) is 6.85. The van der Waals surface area contributed by atoms with E-state index in [0.717, 1.165) is 44.5 Å². The molecule has 3 amide bonds. The number of nitrogens with zero attached hydrogens (tertiary/aromatic N) is 3. The number of para-hydroxylation sites is 2. The Balaban J connectivity index is 1.32. The molecule has 1 fully saturated rings. The van der Waals surface area contributed by atoms with E-state index in [1.54, 1.807) is 6.07 Å². The minimum atomic E-state index is -0.443. The van der Waals surface area contributed by atoms with Gasteiger partial charge in [-0.05, 0) is 43.5 Å². The molecule has 3 heterocycles. The van der Waals surface area contributed by atoms with Crippen molar-refractivity contribution in [2.75, 3.05) is 44.7 Å². The summed E-state index contributed by atoms with van der Waals surface area (Å²) in [6, 6.07) is 12.8. The van der Waals surface area contributed by atoms with Crippen LogP contribution in [0.15, 0.2) is 42.5 Å². The maximum atomic E-state index is 13.5. The van der Waals surface area contributed by atoms with Crippen LogP contribution in [-0.2, 0) is 4.79 Å². The van der Waals surface area contributed by atoms with Crippen LogP contribution in [0.1, 0.15) is 53.3 Å².